The van der Waals surface area contributed by atoms with Crippen LogP contribution in [0.25, 0.3) is 0 Å². The van der Waals surface area contributed by atoms with Crippen molar-refractivity contribution in [1.29, 1.82) is 0 Å². The highest BCUT2D eigenvalue weighted by Crippen LogP contribution is 2.55. The standard InChI is InChI=1S/C20H22FN2O/c21-17-3-1-2-12(9-17)10-18-11-23(20(24)22-18)19-15-5-13-4-14(7-15)8-16(19)6-13/h1-3,9,11,13-16,19H,4-8,10H2. The maximum atomic E-state index is 13.4. The summed E-state index contributed by atoms with van der Waals surface area (Å²) in [6, 6.07) is 6.78. The average molecular weight is 325 g/mol. The van der Waals surface area contributed by atoms with Crippen LogP contribution in [-0.2, 0) is 6.42 Å². The summed E-state index contributed by atoms with van der Waals surface area (Å²) in [5.41, 5.74) is 1.63. The predicted molar refractivity (Wildman–Crippen MR) is 88.4 cm³/mol. The second-order valence-electron chi connectivity index (χ2n) is 8.15. The Morgan fingerprint density at radius 2 is 1.79 bits per heavy atom. The summed E-state index contributed by atoms with van der Waals surface area (Å²) in [5.74, 6) is 2.87. The van der Waals surface area contributed by atoms with Gasteiger partial charge in [-0.3, -0.25) is 4.90 Å². The van der Waals surface area contributed by atoms with E-state index in [1.54, 1.807) is 6.07 Å². The molecule has 4 aliphatic carbocycles. The minimum Gasteiger partial charge on any atom is -0.294 e. The Hall–Kier alpha value is -1.84. The molecule has 0 spiro atoms. The predicted octanol–water partition coefficient (Wildman–Crippen LogP) is 4.07. The van der Waals surface area contributed by atoms with E-state index < -0.39 is 0 Å². The fourth-order valence-corrected chi connectivity index (χ4v) is 5.93. The zero-order valence-electron chi connectivity index (χ0n) is 13.7. The second kappa shape index (κ2) is 5.33. The molecule has 24 heavy (non-hydrogen) atoms. The first-order valence-electron chi connectivity index (χ1n) is 9.15. The zero-order valence-corrected chi connectivity index (χ0v) is 13.7. The van der Waals surface area contributed by atoms with E-state index in [4.69, 9.17) is 0 Å². The number of carbonyl (C=O) groups is 1. The normalized spacial score (nSPS) is 36.9. The molecular weight excluding hydrogens is 303 g/mol. The third-order valence-corrected chi connectivity index (χ3v) is 6.52. The van der Waals surface area contributed by atoms with Gasteiger partial charge in [-0.05, 0) is 73.5 Å². The van der Waals surface area contributed by atoms with Gasteiger partial charge < -0.3 is 0 Å². The van der Waals surface area contributed by atoms with Gasteiger partial charge in [0, 0.05) is 18.7 Å². The van der Waals surface area contributed by atoms with Crippen molar-refractivity contribution in [3.63, 3.8) is 0 Å². The highest BCUT2D eigenvalue weighted by molar-refractivity contribution is 5.80. The van der Waals surface area contributed by atoms with Crippen LogP contribution in [0.1, 0.15) is 37.7 Å². The van der Waals surface area contributed by atoms with E-state index in [2.05, 4.69) is 5.32 Å². The molecule has 6 rings (SSSR count). The third-order valence-electron chi connectivity index (χ3n) is 6.52. The lowest BCUT2D eigenvalue weighted by Crippen LogP contribution is -2.55. The number of amides is 2. The van der Waals surface area contributed by atoms with Gasteiger partial charge in [0.1, 0.15) is 5.82 Å². The minimum absolute atomic E-state index is 0.112. The van der Waals surface area contributed by atoms with Gasteiger partial charge in [-0.1, -0.05) is 12.1 Å². The van der Waals surface area contributed by atoms with Crippen LogP contribution in [0, 0.1) is 29.5 Å². The quantitative estimate of drug-likeness (QED) is 0.825. The van der Waals surface area contributed by atoms with Crippen LogP contribution < -0.4 is 5.32 Å². The molecule has 0 N–H and O–H groups in total. The molecule has 5 aliphatic rings. The van der Waals surface area contributed by atoms with Crippen molar-refractivity contribution < 1.29 is 9.18 Å². The molecule has 1 heterocycles. The van der Waals surface area contributed by atoms with Crippen molar-refractivity contribution in [3.8, 4) is 0 Å². The average Bonchev–Trinajstić information content (AvgIpc) is 2.86. The maximum absolute atomic E-state index is 13.4. The molecule has 1 aliphatic heterocycles. The fourth-order valence-electron chi connectivity index (χ4n) is 5.93. The molecule has 1 radical (unpaired) electrons. The number of hydrogen-bond acceptors (Lipinski definition) is 1. The third kappa shape index (κ3) is 2.35. The number of urea groups is 1. The van der Waals surface area contributed by atoms with Gasteiger partial charge in [-0.2, -0.15) is 5.32 Å². The summed E-state index contributed by atoms with van der Waals surface area (Å²) in [6.45, 7) is 0. The van der Waals surface area contributed by atoms with Crippen molar-refractivity contribution in [2.75, 3.05) is 0 Å². The first kappa shape index (κ1) is 14.5. The van der Waals surface area contributed by atoms with Crippen molar-refractivity contribution >= 4 is 6.03 Å². The highest BCUT2D eigenvalue weighted by atomic mass is 19.1. The van der Waals surface area contributed by atoms with Crippen LogP contribution in [0.4, 0.5) is 9.18 Å². The van der Waals surface area contributed by atoms with Crippen LogP contribution in [0.5, 0.6) is 0 Å². The number of carbonyl (C=O) groups excluding carboxylic acids is 1. The first-order chi connectivity index (χ1) is 11.7. The van der Waals surface area contributed by atoms with Gasteiger partial charge in [-0.15, -0.1) is 0 Å². The van der Waals surface area contributed by atoms with E-state index in [-0.39, 0.29) is 11.8 Å². The summed E-state index contributed by atoms with van der Waals surface area (Å²) in [5, 5.41) is 4.25. The molecule has 125 valence electrons. The topological polar surface area (TPSA) is 34.4 Å². The molecule has 4 fully saturated rings. The molecule has 0 saturated heterocycles. The van der Waals surface area contributed by atoms with E-state index >= 15 is 0 Å². The molecule has 4 bridgehead atoms. The molecule has 1 aromatic rings. The molecule has 0 atom stereocenters. The molecule has 0 aromatic heterocycles. The van der Waals surface area contributed by atoms with Crippen LogP contribution in [0.2, 0.25) is 0 Å². The zero-order chi connectivity index (χ0) is 16.3. The number of allylic oxidation sites excluding steroid dienone is 1. The van der Waals surface area contributed by atoms with Gasteiger partial charge in [0.2, 0.25) is 0 Å². The lowest BCUT2D eigenvalue weighted by molar-refractivity contribution is -0.0382. The smallest absolute Gasteiger partial charge is 0.294 e. The lowest BCUT2D eigenvalue weighted by atomic mass is 9.54. The molecule has 3 nitrogen and oxygen atoms in total. The molecule has 4 saturated carbocycles. The Labute approximate surface area is 141 Å². The number of benzene rings is 1. The van der Waals surface area contributed by atoms with Gasteiger partial charge in [0.05, 0.1) is 5.70 Å². The Balaban J connectivity index is 1.37. The SMILES string of the molecule is O=C1[N]C(Cc2cccc(F)c2)=CN1C1C2CC3CC(C2)CC1C3. The summed E-state index contributed by atoms with van der Waals surface area (Å²) < 4.78 is 13.4. The lowest BCUT2D eigenvalue weighted by Gasteiger charge is -2.55. The number of rotatable bonds is 3. The van der Waals surface area contributed by atoms with Crippen LogP contribution >= 0.6 is 0 Å². The van der Waals surface area contributed by atoms with Crippen LogP contribution in [0.15, 0.2) is 36.2 Å². The van der Waals surface area contributed by atoms with Gasteiger partial charge >= 0.3 is 6.03 Å². The Morgan fingerprint density at radius 1 is 1.08 bits per heavy atom. The summed E-state index contributed by atoms with van der Waals surface area (Å²) in [4.78, 5) is 14.4. The molecule has 4 heteroatoms. The van der Waals surface area contributed by atoms with Gasteiger partial charge in [0.25, 0.3) is 0 Å². The van der Waals surface area contributed by atoms with Gasteiger partial charge in [0.15, 0.2) is 0 Å². The summed E-state index contributed by atoms with van der Waals surface area (Å²) >= 11 is 0. The number of halogens is 1. The van der Waals surface area contributed by atoms with Crippen molar-refractivity contribution in [2.45, 2.75) is 44.6 Å². The second-order valence-corrected chi connectivity index (χ2v) is 8.15. The van der Waals surface area contributed by atoms with Crippen molar-refractivity contribution in [1.82, 2.24) is 10.2 Å². The van der Waals surface area contributed by atoms with Crippen LogP contribution in [-0.4, -0.2) is 17.0 Å². The van der Waals surface area contributed by atoms with Crippen molar-refractivity contribution in [3.05, 3.63) is 47.5 Å². The molecule has 1 aromatic carbocycles. The van der Waals surface area contributed by atoms with E-state index in [0.717, 1.165) is 23.1 Å². The Morgan fingerprint density at radius 3 is 2.46 bits per heavy atom. The van der Waals surface area contributed by atoms with Crippen LogP contribution in [0.3, 0.4) is 0 Å². The van der Waals surface area contributed by atoms with E-state index in [1.165, 1.54) is 44.2 Å². The monoisotopic (exact) mass is 325 g/mol. The van der Waals surface area contributed by atoms with Gasteiger partial charge in [-0.25, -0.2) is 9.18 Å². The summed E-state index contributed by atoms with van der Waals surface area (Å²) in [7, 11) is 0. The van der Waals surface area contributed by atoms with E-state index in [0.29, 0.717) is 24.3 Å². The Kier molecular flexibility index (Phi) is 3.22. The highest BCUT2D eigenvalue weighted by Gasteiger charge is 2.51. The largest absolute Gasteiger partial charge is 0.348 e. The maximum Gasteiger partial charge on any atom is 0.348 e. The molecule has 2 amide bonds. The van der Waals surface area contributed by atoms with E-state index in [9.17, 15) is 9.18 Å². The number of hydrogen-bond donors (Lipinski definition) is 0. The van der Waals surface area contributed by atoms with Crippen molar-refractivity contribution in [2.24, 2.45) is 23.7 Å². The Bertz CT molecular complexity index is 685. The van der Waals surface area contributed by atoms with E-state index in [1.807, 2.05) is 17.2 Å². The minimum atomic E-state index is -0.240. The first-order valence-corrected chi connectivity index (χ1v) is 9.15. The summed E-state index contributed by atoms with van der Waals surface area (Å²) in [6.07, 6.45) is 9.03. The fraction of sp³-hybridized carbons (Fsp3) is 0.550. The molecular formula is C20H22FN2O. The number of nitrogens with zero attached hydrogens (tertiary/aromatic N) is 2. The molecule has 0 unspecified atom stereocenters.